The molecule has 0 radical (unpaired) electrons. The molecule has 1 amide bonds. The molecule has 2 heterocycles. The van der Waals surface area contributed by atoms with Crippen molar-refractivity contribution in [1.29, 1.82) is 0 Å². The molecule has 1 aliphatic heterocycles. The van der Waals surface area contributed by atoms with Crippen LogP contribution in [0.3, 0.4) is 0 Å². The summed E-state index contributed by atoms with van der Waals surface area (Å²) in [5.41, 5.74) is 0.657. The molecular formula is C12H17N3O. The Labute approximate surface area is 95.0 Å². The second kappa shape index (κ2) is 3.94. The number of aromatic amines is 1. The molecule has 2 aliphatic rings. The number of nitrogens with one attached hydrogen (secondary N) is 2. The fourth-order valence-corrected chi connectivity index (χ4v) is 2.41. The van der Waals surface area contributed by atoms with Gasteiger partial charge >= 0.3 is 0 Å². The zero-order chi connectivity index (χ0) is 11.0. The maximum atomic E-state index is 11.8. The van der Waals surface area contributed by atoms with Crippen LogP contribution in [0.25, 0.3) is 0 Å². The number of carbonyl (C=O) groups excluding carboxylic acids is 1. The van der Waals surface area contributed by atoms with E-state index in [4.69, 9.17) is 0 Å². The van der Waals surface area contributed by atoms with E-state index in [1.165, 1.54) is 12.8 Å². The van der Waals surface area contributed by atoms with Crippen molar-refractivity contribution in [1.82, 2.24) is 15.2 Å². The van der Waals surface area contributed by atoms with E-state index in [1.807, 2.05) is 12.1 Å². The van der Waals surface area contributed by atoms with Gasteiger partial charge in [-0.1, -0.05) is 0 Å². The largest absolute Gasteiger partial charge is 0.357 e. The lowest BCUT2D eigenvalue weighted by Crippen LogP contribution is -2.37. The maximum absolute atomic E-state index is 11.8. The molecule has 4 nitrogen and oxygen atoms in total. The molecular weight excluding hydrogens is 202 g/mol. The Hall–Kier alpha value is -1.29. The standard InChI is InChI=1S/C12H17N3O/c16-12(11-2-1-6-13-11)14-9-5-7-15(8-9)10-3-4-10/h1-2,6,9-10,13H,3-5,7-8H2,(H,14,16). The second-order valence-electron chi connectivity index (χ2n) is 4.77. The molecule has 1 aliphatic carbocycles. The van der Waals surface area contributed by atoms with Crippen LogP contribution in [0.15, 0.2) is 18.3 Å². The van der Waals surface area contributed by atoms with Crippen LogP contribution >= 0.6 is 0 Å². The third kappa shape index (κ3) is 1.97. The number of aromatic nitrogens is 1. The van der Waals surface area contributed by atoms with Crippen molar-refractivity contribution in [3.8, 4) is 0 Å². The van der Waals surface area contributed by atoms with E-state index < -0.39 is 0 Å². The predicted molar refractivity (Wildman–Crippen MR) is 61.3 cm³/mol. The topological polar surface area (TPSA) is 48.1 Å². The van der Waals surface area contributed by atoms with Crippen LogP contribution in [0, 0.1) is 0 Å². The number of rotatable bonds is 3. The minimum absolute atomic E-state index is 0.0210. The van der Waals surface area contributed by atoms with Crippen molar-refractivity contribution in [2.75, 3.05) is 13.1 Å². The van der Waals surface area contributed by atoms with Crippen molar-refractivity contribution in [2.45, 2.75) is 31.3 Å². The number of hydrogen-bond acceptors (Lipinski definition) is 2. The molecule has 2 N–H and O–H groups in total. The van der Waals surface area contributed by atoms with Gasteiger partial charge < -0.3 is 10.3 Å². The normalized spacial score (nSPS) is 25.9. The summed E-state index contributed by atoms with van der Waals surface area (Å²) >= 11 is 0. The molecule has 3 rings (SSSR count). The molecule has 1 saturated carbocycles. The Morgan fingerprint density at radius 3 is 3.00 bits per heavy atom. The molecule has 1 aromatic heterocycles. The molecule has 0 spiro atoms. The average molecular weight is 219 g/mol. The molecule has 86 valence electrons. The van der Waals surface area contributed by atoms with Crippen LogP contribution < -0.4 is 5.32 Å². The van der Waals surface area contributed by atoms with Crippen molar-refractivity contribution in [2.24, 2.45) is 0 Å². The van der Waals surface area contributed by atoms with E-state index in [0.717, 1.165) is 25.6 Å². The number of amides is 1. The van der Waals surface area contributed by atoms with Crippen molar-refractivity contribution in [3.05, 3.63) is 24.0 Å². The molecule has 1 saturated heterocycles. The number of nitrogens with zero attached hydrogens (tertiary/aromatic N) is 1. The Morgan fingerprint density at radius 2 is 2.31 bits per heavy atom. The van der Waals surface area contributed by atoms with Gasteiger partial charge in [0.05, 0.1) is 0 Å². The molecule has 1 aromatic rings. The van der Waals surface area contributed by atoms with Gasteiger partial charge in [-0.05, 0) is 31.4 Å². The molecule has 4 heteroatoms. The molecule has 1 atom stereocenters. The van der Waals surface area contributed by atoms with Gasteiger partial charge in [0, 0.05) is 31.4 Å². The number of carbonyl (C=O) groups is 1. The summed E-state index contributed by atoms with van der Waals surface area (Å²) in [6.07, 6.45) is 5.55. The fraction of sp³-hybridized carbons (Fsp3) is 0.583. The van der Waals surface area contributed by atoms with Gasteiger partial charge in [-0.3, -0.25) is 9.69 Å². The zero-order valence-electron chi connectivity index (χ0n) is 9.28. The first kappa shape index (κ1) is 9.90. The highest BCUT2D eigenvalue weighted by Gasteiger charge is 2.34. The maximum Gasteiger partial charge on any atom is 0.267 e. The summed E-state index contributed by atoms with van der Waals surface area (Å²) in [6.45, 7) is 2.16. The molecule has 0 aromatic carbocycles. The van der Waals surface area contributed by atoms with Crippen LogP contribution in [0.5, 0.6) is 0 Å². The Bertz CT molecular complexity index is 370. The molecule has 16 heavy (non-hydrogen) atoms. The minimum atomic E-state index is 0.0210. The van der Waals surface area contributed by atoms with E-state index in [-0.39, 0.29) is 5.91 Å². The summed E-state index contributed by atoms with van der Waals surface area (Å²) in [7, 11) is 0. The third-order valence-electron chi connectivity index (χ3n) is 3.46. The Kier molecular flexibility index (Phi) is 2.44. The third-order valence-corrected chi connectivity index (χ3v) is 3.46. The van der Waals surface area contributed by atoms with Gasteiger partial charge in [0.1, 0.15) is 5.69 Å². The highest BCUT2D eigenvalue weighted by atomic mass is 16.1. The fourth-order valence-electron chi connectivity index (χ4n) is 2.41. The summed E-state index contributed by atoms with van der Waals surface area (Å²) < 4.78 is 0. The quantitative estimate of drug-likeness (QED) is 0.796. The van der Waals surface area contributed by atoms with E-state index in [9.17, 15) is 4.79 Å². The number of H-pyrrole nitrogens is 1. The molecule has 0 bridgehead atoms. The predicted octanol–water partition coefficient (Wildman–Crippen LogP) is 0.981. The smallest absolute Gasteiger partial charge is 0.267 e. The van der Waals surface area contributed by atoms with Gasteiger partial charge in [0.25, 0.3) is 5.91 Å². The van der Waals surface area contributed by atoms with Crippen LogP contribution in [-0.2, 0) is 0 Å². The highest BCUT2D eigenvalue weighted by molar-refractivity contribution is 5.92. The van der Waals surface area contributed by atoms with E-state index in [0.29, 0.717) is 11.7 Å². The lowest BCUT2D eigenvalue weighted by Gasteiger charge is -2.15. The van der Waals surface area contributed by atoms with Crippen molar-refractivity contribution in [3.63, 3.8) is 0 Å². The first-order valence-corrected chi connectivity index (χ1v) is 6.01. The lowest BCUT2D eigenvalue weighted by atomic mass is 10.2. The van der Waals surface area contributed by atoms with Crippen molar-refractivity contribution < 1.29 is 4.79 Å². The first-order valence-electron chi connectivity index (χ1n) is 6.01. The van der Waals surface area contributed by atoms with Crippen molar-refractivity contribution >= 4 is 5.91 Å². The van der Waals surface area contributed by atoms with Crippen LogP contribution in [-0.4, -0.2) is 41.0 Å². The SMILES string of the molecule is O=C(NC1CCN(C2CC2)C1)c1ccc[nH]1. The minimum Gasteiger partial charge on any atom is -0.357 e. The monoisotopic (exact) mass is 219 g/mol. The van der Waals surface area contributed by atoms with E-state index in [2.05, 4.69) is 15.2 Å². The Morgan fingerprint density at radius 1 is 1.44 bits per heavy atom. The number of hydrogen-bond donors (Lipinski definition) is 2. The van der Waals surface area contributed by atoms with E-state index in [1.54, 1.807) is 6.20 Å². The molecule has 1 unspecified atom stereocenters. The number of likely N-dealkylation sites (tertiary alicyclic amines) is 1. The first-order chi connectivity index (χ1) is 7.83. The zero-order valence-corrected chi connectivity index (χ0v) is 9.28. The van der Waals surface area contributed by atoms with Gasteiger partial charge in [-0.25, -0.2) is 0 Å². The van der Waals surface area contributed by atoms with Gasteiger partial charge in [0.2, 0.25) is 0 Å². The summed E-state index contributed by atoms with van der Waals surface area (Å²) in [5.74, 6) is 0.0210. The summed E-state index contributed by atoms with van der Waals surface area (Å²) in [6, 6.07) is 4.80. The average Bonchev–Trinajstić information content (AvgIpc) is 2.82. The van der Waals surface area contributed by atoms with Crippen LogP contribution in [0.1, 0.15) is 29.8 Å². The van der Waals surface area contributed by atoms with Crippen LogP contribution in [0.4, 0.5) is 0 Å². The van der Waals surface area contributed by atoms with Gasteiger partial charge in [0.15, 0.2) is 0 Å². The molecule has 2 fully saturated rings. The van der Waals surface area contributed by atoms with Crippen LogP contribution in [0.2, 0.25) is 0 Å². The van der Waals surface area contributed by atoms with Gasteiger partial charge in [-0.2, -0.15) is 0 Å². The second-order valence-corrected chi connectivity index (χ2v) is 4.77. The lowest BCUT2D eigenvalue weighted by molar-refractivity contribution is 0.0933. The van der Waals surface area contributed by atoms with E-state index >= 15 is 0 Å². The Balaban J connectivity index is 1.53. The summed E-state index contributed by atoms with van der Waals surface area (Å²) in [4.78, 5) is 17.2. The van der Waals surface area contributed by atoms with Gasteiger partial charge in [-0.15, -0.1) is 0 Å². The summed E-state index contributed by atoms with van der Waals surface area (Å²) in [5, 5.41) is 3.08. The highest BCUT2D eigenvalue weighted by Crippen LogP contribution is 2.29.